The van der Waals surface area contributed by atoms with Gasteiger partial charge in [-0.25, -0.2) is 0 Å². The van der Waals surface area contributed by atoms with Crippen molar-refractivity contribution in [3.05, 3.63) is 35.9 Å². The summed E-state index contributed by atoms with van der Waals surface area (Å²) < 4.78 is 0. The first kappa shape index (κ1) is 13.0. The van der Waals surface area contributed by atoms with E-state index in [4.69, 9.17) is 5.11 Å². The van der Waals surface area contributed by atoms with Gasteiger partial charge >= 0.3 is 5.97 Å². The number of carbonyl (C=O) groups is 1. The summed E-state index contributed by atoms with van der Waals surface area (Å²) in [7, 11) is 0. The predicted molar refractivity (Wildman–Crippen MR) is 64.9 cm³/mol. The molecule has 1 aliphatic heterocycles. The standard InChI is InChI=1S/C12H15NO2.ClH/c14-12(15)11-8-13-7-10(11)6-9-4-2-1-3-5-9;/h1-5,10-11,13H,6-8H2,(H,14,15);1H/t10-,11-;/m0./s1. The van der Waals surface area contributed by atoms with E-state index < -0.39 is 5.97 Å². The molecule has 1 aromatic rings. The number of rotatable bonds is 3. The number of carboxylic acids is 1. The summed E-state index contributed by atoms with van der Waals surface area (Å²) in [6.07, 6.45) is 0.852. The Balaban J connectivity index is 0.00000128. The van der Waals surface area contributed by atoms with E-state index in [0.29, 0.717) is 6.54 Å². The molecule has 4 heteroatoms. The van der Waals surface area contributed by atoms with Crippen LogP contribution in [0.5, 0.6) is 0 Å². The Morgan fingerprint density at radius 2 is 2.00 bits per heavy atom. The Hall–Kier alpha value is -1.06. The van der Waals surface area contributed by atoms with Crippen LogP contribution in [0.4, 0.5) is 0 Å². The lowest BCUT2D eigenvalue weighted by Gasteiger charge is -2.14. The molecular weight excluding hydrogens is 226 g/mol. The van der Waals surface area contributed by atoms with Crippen molar-refractivity contribution in [2.24, 2.45) is 11.8 Å². The van der Waals surface area contributed by atoms with Gasteiger partial charge in [0, 0.05) is 6.54 Å². The molecule has 0 aliphatic carbocycles. The number of carboxylic acid groups (broad SMARTS) is 1. The highest BCUT2D eigenvalue weighted by atomic mass is 35.5. The summed E-state index contributed by atoms with van der Waals surface area (Å²) in [6.45, 7) is 1.42. The molecule has 0 amide bonds. The highest BCUT2D eigenvalue weighted by Crippen LogP contribution is 2.21. The number of benzene rings is 1. The molecule has 1 aromatic carbocycles. The highest BCUT2D eigenvalue weighted by molar-refractivity contribution is 5.85. The van der Waals surface area contributed by atoms with Crippen molar-refractivity contribution in [2.75, 3.05) is 13.1 Å². The van der Waals surface area contributed by atoms with Crippen LogP contribution in [-0.2, 0) is 11.2 Å². The van der Waals surface area contributed by atoms with Crippen molar-refractivity contribution in [3.63, 3.8) is 0 Å². The molecule has 0 unspecified atom stereocenters. The lowest BCUT2D eigenvalue weighted by molar-refractivity contribution is -0.142. The largest absolute Gasteiger partial charge is 0.481 e. The number of nitrogens with one attached hydrogen (secondary N) is 1. The van der Waals surface area contributed by atoms with Gasteiger partial charge in [-0.15, -0.1) is 12.4 Å². The molecule has 3 nitrogen and oxygen atoms in total. The summed E-state index contributed by atoms with van der Waals surface area (Å²) in [6, 6.07) is 10.1. The molecular formula is C12H16ClNO2. The Labute approximate surface area is 101 Å². The van der Waals surface area contributed by atoms with Gasteiger partial charge in [0.2, 0.25) is 0 Å². The SMILES string of the molecule is Cl.O=C(O)[C@H]1CNC[C@@H]1Cc1ccccc1. The summed E-state index contributed by atoms with van der Waals surface area (Å²) >= 11 is 0. The molecule has 0 aromatic heterocycles. The minimum absolute atomic E-state index is 0. The number of hydrogen-bond donors (Lipinski definition) is 2. The van der Waals surface area contributed by atoms with Gasteiger partial charge in [0.1, 0.15) is 0 Å². The summed E-state index contributed by atoms with van der Waals surface area (Å²) in [5.74, 6) is -0.684. The first-order chi connectivity index (χ1) is 7.27. The molecule has 1 heterocycles. The topological polar surface area (TPSA) is 49.3 Å². The molecule has 88 valence electrons. The highest BCUT2D eigenvalue weighted by Gasteiger charge is 2.32. The van der Waals surface area contributed by atoms with E-state index >= 15 is 0 Å². The fourth-order valence-electron chi connectivity index (χ4n) is 2.15. The molecule has 2 atom stereocenters. The Kier molecular flexibility index (Phi) is 4.77. The molecule has 1 aliphatic rings. The molecule has 0 saturated carbocycles. The minimum atomic E-state index is -0.680. The second-order valence-electron chi connectivity index (χ2n) is 4.05. The van der Waals surface area contributed by atoms with E-state index in [1.807, 2.05) is 18.2 Å². The van der Waals surface area contributed by atoms with Gasteiger partial charge in [0.25, 0.3) is 0 Å². The van der Waals surface area contributed by atoms with Crippen LogP contribution in [0.2, 0.25) is 0 Å². The van der Waals surface area contributed by atoms with Crippen molar-refractivity contribution in [3.8, 4) is 0 Å². The average molecular weight is 242 g/mol. The Bertz CT molecular complexity index is 342. The molecule has 1 saturated heterocycles. The quantitative estimate of drug-likeness (QED) is 0.845. The smallest absolute Gasteiger partial charge is 0.308 e. The van der Waals surface area contributed by atoms with Gasteiger partial charge in [0.05, 0.1) is 5.92 Å². The molecule has 16 heavy (non-hydrogen) atoms. The van der Waals surface area contributed by atoms with Crippen LogP contribution >= 0.6 is 12.4 Å². The van der Waals surface area contributed by atoms with E-state index in [9.17, 15) is 4.79 Å². The van der Waals surface area contributed by atoms with Crippen molar-refractivity contribution in [1.82, 2.24) is 5.32 Å². The van der Waals surface area contributed by atoms with Gasteiger partial charge in [0.15, 0.2) is 0 Å². The summed E-state index contributed by atoms with van der Waals surface area (Å²) in [5.41, 5.74) is 1.22. The van der Waals surface area contributed by atoms with Crippen LogP contribution in [0.1, 0.15) is 5.56 Å². The molecule has 1 fully saturated rings. The number of hydrogen-bond acceptors (Lipinski definition) is 2. The van der Waals surface area contributed by atoms with E-state index in [-0.39, 0.29) is 24.2 Å². The number of halogens is 1. The first-order valence-corrected chi connectivity index (χ1v) is 5.25. The van der Waals surface area contributed by atoms with Crippen molar-refractivity contribution >= 4 is 18.4 Å². The molecule has 0 spiro atoms. The third-order valence-corrected chi connectivity index (χ3v) is 3.00. The fraction of sp³-hybridized carbons (Fsp3) is 0.417. The second-order valence-corrected chi connectivity index (χ2v) is 4.05. The maximum absolute atomic E-state index is 11.0. The van der Waals surface area contributed by atoms with Gasteiger partial charge in [-0.1, -0.05) is 30.3 Å². The maximum atomic E-state index is 11.0. The Morgan fingerprint density at radius 1 is 1.31 bits per heavy atom. The van der Waals surface area contributed by atoms with Crippen LogP contribution in [-0.4, -0.2) is 24.2 Å². The van der Waals surface area contributed by atoms with E-state index in [0.717, 1.165) is 13.0 Å². The maximum Gasteiger partial charge on any atom is 0.308 e. The second kappa shape index (κ2) is 5.87. The van der Waals surface area contributed by atoms with Crippen LogP contribution < -0.4 is 5.32 Å². The third-order valence-electron chi connectivity index (χ3n) is 3.00. The summed E-state index contributed by atoms with van der Waals surface area (Å²) in [5, 5.41) is 12.2. The van der Waals surface area contributed by atoms with Crippen LogP contribution in [0.15, 0.2) is 30.3 Å². The van der Waals surface area contributed by atoms with Crippen molar-refractivity contribution in [2.45, 2.75) is 6.42 Å². The third kappa shape index (κ3) is 2.97. The fourth-order valence-corrected chi connectivity index (χ4v) is 2.15. The average Bonchev–Trinajstić information content (AvgIpc) is 2.67. The van der Waals surface area contributed by atoms with Crippen molar-refractivity contribution in [1.29, 1.82) is 0 Å². The van der Waals surface area contributed by atoms with E-state index in [1.165, 1.54) is 5.56 Å². The summed E-state index contributed by atoms with van der Waals surface area (Å²) in [4.78, 5) is 11.0. The molecule has 2 N–H and O–H groups in total. The molecule has 0 radical (unpaired) electrons. The van der Waals surface area contributed by atoms with Crippen LogP contribution in [0, 0.1) is 11.8 Å². The lowest BCUT2D eigenvalue weighted by atomic mass is 9.90. The first-order valence-electron chi connectivity index (χ1n) is 5.25. The van der Waals surface area contributed by atoms with Gasteiger partial charge in [-0.05, 0) is 24.4 Å². The lowest BCUT2D eigenvalue weighted by Crippen LogP contribution is -2.23. The van der Waals surface area contributed by atoms with E-state index in [2.05, 4.69) is 17.4 Å². The number of aliphatic carboxylic acids is 1. The molecule has 0 bridgehead atoms. The van der Waals surface area contributed by atoms with Gasteiger partial charge in [-0.2, -0.15) is 0 Å². The van der Waals surface area contributed by atoms with Crippen LogP contribution in [0.3, 0.4) is 0 Å². The van der Waals surface area contributed by atoms with Crippen molar-refractivity contribution < 1.29 is 9.90 Å². The minimum Gasteiger partial charge on any atom is -0.481 e. The monoisotopic (exact) mass is 241 g/mol. The predicted octanol–water partition coefficient (Wildman–Crippen LogP) is 1.57. The van der Waals surface area contributed by atoms with Gasteiger partial charge in [-0.3, -0.25) is 4.79 Å². The Morgan fingerprint density at radius 3 is 2.62 bits per heavy atom. The molecule has 2 rings (SSSR count). The zero-order chi connectivity index (χ0) is 10.7. The van der Waals surface area contributed by atoms with Crippen LogP contribution in [0.25, 0.3) is 0 Å². The zero-order valence-electron chi connectivity index (χ0n) is 8.93. The normalized spacial score (nSPS) is 23.8. The van der Waals surface area contributed by atoms with E-state index in [1.54, 1.807) is 0 Å². The zero-order valence-corrected chi connectivity index (χ0v) is 9.74. The van der Waals surface area contributed by atoms with Gasteiger partial charge < -0.3 is 10.4 Å².